The molecule has 3 heterocycles. The zero-order chi connectivity index (χ0) is 24.2. The second kappa shape index (κ2) is 10.5. The SMILES string of the molecule is O=C(NCCc1ccccc1F)C1CCN(C(=O)c2ccc(-c3ccc4c(c3)OCCO4)s2)CC1. The molecular formula is C27H27FN2O4S. The molecule has 0 saturated carbocycles. The molecule has 2 amide bonds. The quantitative estimate of drug-likeness (QED) is 0.547. The predicted octanol–water partition coefficient (Wildman–Crippen LogP) is 4.54. The molecule has 1 aromatic heterocycles. The Hall–Kier alpha value is -3.39. The third-order valence-corrected chi connectivity index (χ3v) is 7.57. The van der Waals surface area contributed by atoms with Gasteiger partial charge in [-0.15, -0.1) is 11.3 Å². The number of hydrogen-bond donors (Lipinski definition) is 1. The van der Waals surface area contributed by atoms with Gasteiger partial charge in [0.25, 0.3) is 5.91 Å². The number of halogens is 1. The van der Waals surface area contributed by atoms with Gasteiger partial charge in [-0.1, -0.05) is 18.2 Å². The van der Waals surface area contributed by atoms with Crippen molar-refractivity contribution in [3.8, 4) is 21.9 Å². The van der Waals surface area contributed by atoms with Crippen molar-refractivity contribution in [2.24, 2.45) is 5.92 Å². The molecule has 0 atom stereocenters. The average Bonchev–Trinajstić information content (AvgIpc) is 3.39. The Morgan fingerprint density at radius 1 is 1.00 bits per heavy atom. The highest BCUT2D eigenvalue weighted by atomic mass is 32.1. The van der Waals surface area contributed by atoms with Gasteiger partial charge in [-0.2, -0.15) is 0 Å². The fraction of sp³-hybridized carbons (Fsp3) is 0.333. The first-order chi connectivity index (χ1) is 17.1. The van der Waals surface area contributed by atoms with Crippen molar-refractivity contribution in [2.75, 3.05) is 32.8 Å². The van der Waals surface area contributed by atoms with Crippen LogP contribution in [0.1, 0.15) is 28.1 Å². The van der Waals surface area contributed by atoms with Crippen LogP contribution in [0.15, 0.2) is 54.6 Å². The van der Waals surface area contributed by atoms with E-state index in [0.29, 0.717) is 62.6 Å². The van der Waals surface area contributed by atoms with E-state index in [4.69, 9.17) is 9.47 Å². The molecule has 3 aromatic rings. The number of amides is 2. The Morgan fingerprint density at radius 3 is 2.57 bits per heavy atom. The zero-order valence-corrected chi connectivity index (χ0v) is 20.1. The summed E-state index contributed by atoms with van der Waals surface area (Å²) in [6, 6.07) is 16.2. The van der Waals surface area contributed by atoms with Gasteiger partial charge < -0.3 is 19.7 Å². The molecule has 0 unspecified atom stereocenters. The summed E-state index contributed by atoms with van der Waals surface area (Å²) in [7, 11) is 0. The third-order valence-electron chi connectivity index (χ3n) is 6.45. The van der Waals surface area contributed by atoms with Crippen LogP contribution in [-0.4, -0.2) is 49.6 Å². The smallest absolute Gasteiger partial charge is 0.263 e. The number of piperidine rings is 1. The summed E-state index contributed by atoms with van der Waals surface area (Å²) in [5, 5.41) is 2.92. The summed E-state index contributed by atoms with van der Waals surface area (Å²) in [4.78, 5) is 29.1. The van der Waals surface area contributed by atoms with E-state index in [1.807, 2.05) is 35.2 Å². The number of carbonyl (C=O) groups excluding carboxylic acids is 2. The summed E-state index contributed by atoms with van der Waals surface area (Å²) < 4.78 is 25.0. The third kappa shape index (κ3) is 5.32. The maximum absolute atomic E-state index is 13.7. The highest BCUT2D eigenvalue weighted by Crippen LogP contribution is 2.37. The molecule has 2 aliphatic rings. The Morgan fingerprint density at radius 2 is 1.77 bits per heavy atom. The summed E-state index contributed by atoms with van der Waals surface area (Å²) in [6.07, 6.45) is 1.70. The number of rotatable bonds is 6. The molecule has 0 spiro atoms. The number of carbonyl (C=O) groups is 2. The van der Waals surface area contributed by atoms with Crippen molar-refractivity contribution in [1.82, 2.24) is 10.2 Å². The zero-order valence-electron chi connectivity index (χ0n) is 19.3. The maximum atomic E-state index is 13.7. The van der Waals surface area contributed by atoms with Gasteiger partial charge in [-0.25, -0.2) is 4.39 Å². The second-order valence-corrected chi connectivity index (χ2v) is 9.81. The van der Waals surface area contributed by atoms with Crippen LogP contribution >= 0.6 is 11.3 Å². The molecule has 182 valence electrons. The molecule has 1 N–H and O–H groups in total. The number of ether oxygens (including phenoxy) is 2. The van der Waals surface area contributed by atoms with Crippen molar-refractivity contribution in [1.29, 1.82) is 0 Å². The molecule has 0 aliphatic carbocycles. The van der Waals surface area contributed by atoms with Crippen LogP contribution in [-0.2, 0) is 11.2 Å². The van der Waals surface area contributed by atoms with E-state index in [2.05, 4.69) is 5.32 Å². The molecule has 5 rings (SSSR count). The molecule has 2 aliphatic heterocycles. The van der Waals surface area contributed by atoms with Gasteiger partial charge in [0.1, 0.15) is 19.0 Å². The summed E-state index contributed by atoms with van der Waals surface area (Å²) in [5.74, 6) is 1.06. The Kier molecular flexibility index (Phi) is 6.99. The number of nitrogens with one attached hydrogen (secondary N) is 1. The molecule has 8 heteroatoms. The first-order valence-corrected chi connectivity index (χ1v) is 12.7. The minimum atomic E-state index is -0.251. The van der Waals surface area contributed by atoms with Crippen molar-refractivity contribution in [3.05, 3.63) is 70.9 Å². The Labute approximate surface area is 207 Å². The second-order valence-electron chi connectivity index (χ2n) is 8.72. The van der Waals surface area contributed by atoms with Crippen LogP contribution in [0, 0.1) is 11.7 Å². The van der Waals surface area contributed by atoms with E-state index in [-0.39, 0.29) is 23.5 Å². The maximum Gasteiger partial charge on any atom is 0.263 e. The lowest BCUT2D eigenvalue weighted by atomic mass is 9.95. The van der Waals surface area contributed by atoms with Crippen molar-refractivity contribution < 1.29 is 23.5 Å². The molecule has 1 fully saturated rings. The summed E-state index contributed by atoms with van der Waals surface area (Å²) >= 11 is 1.46. The summed E-state index contributed by atoms with van der Waals surface area (Å²) in [6.45, 7) is 2.57. The molecule has 6 nitrogen and oxygen atoms in total. The molecular weight excluding hydrogens is 467 g/mol. The molecule has 0 radical (unpaired) electrons. The summed E-state index contributed by atoms with van der Waals surface area (Å²) in [5.41, 5.74) is 1.59. The Balaban J connectivity index is 1.12. The van der Waals surface area contributed by atoms with Crippen molar-refractivity contribution in [3.63, 3.8) is 0 Å². The van der Waals surface area contributed by atoms with Crippen molar-refractivity contribution in [2.45, 2.75) is 19.3 Å². The average molecular weight is 495 g/mol. The lowest BCUT2D eigenvalue weighted by Gasteiger charge is -2.31. The van der Waals surface area contributed by atoms with Crippen molar-refractivity contribution >= 4 is 23.2 Å². The number of benzene rings is 2. The van der Waals surface area contributed by atoms with Crippen LogP contribution in [0.2, 0.25) is 0 Å². The van der Waals surface area contributed by atoms with E-state index in [0.717, 1.165) is 21.9 Å². The molecule has 0 bridgehead atoms. The van der Waals surface area contributed by atoms with E-state index >= 15 is 0 Å². The van der Waals surface area contributed by atoms with Crippen LogP contribution in [0.5, 0.6) is 11.5 Å². The first-order valence-electron chi connectivity index (χ1n) is 11.9. The molecule has 2 aromatic carbocycles. The number of thiophene rings is 1. The van der Waals surface area contributed by atoms with E-state index in [1.165, 1.54) is 17.4 Å². The lowest BCUT2D eigenvalue weighted by molar-refractivity contribution is -0.126. The molecule has 35 heavy (non-hydrogen) atoms. The lowest BCUT2D eigenvalue weighted by Crippen LogP contribution is -2.43. The first kappa shape index (κ1) is 23.4. The van der Waals surface area contributed by atoms with Gasteiger partial charge in [0, 0.05) is 30.4 Å². The van der Waals surface area contributed by atoms with Gasteiger partial charge in [0.15, 0.2) is 11.5 Å². The van der Waals surface area contributed by atoms with E-state index in [1.54, 1.807) is 18.2 Å². The monoisotopic (exact) mass is 494 g/mol. The number of hydrogen-bond acceptors (Lipinski definition) is 5. The highest BCUT2D eigenvalue weighted by Gasteiger charge is 2.28. The molecule has 1 saturated heterocycles. The number of likely N-dealkylation sites (tertiary alicyclic amines) is 1. The van der Waals surface area contributed by atoms with Gasteiger partial charge in [0.2, 0.25) is 5.91 Å². The van der Waals surface area contributed by atoms with E-state index in [9.17, 15) is 14.0 Å². The van der Waals surface area contributed by atoms with Gasteiger partial charge in [-0.3, -0.25) is 9.59 Å². The van der Waals surface area contributed by atoms with Gasteiger partial charge in [0.05, 0.1) is 4.88 Å². The minimum Gasteiger partial charge on any atom is -0.486 e. The van der Waals surface area contributed by atoms with Gasteiger partial charge >= 0.3 is 0 Å². The number of fused-ring (bicyclic) bond motifs is 1. The van der Waals surface area contributed by atoms with Crippen LogP contribution in [0.25, 0.3) is 10.4 Å². The van der Waals surface area contributed by atoms with Crippen LogP contribution in [0.4, 0.5) is 4.39 Å². The standard InChI is InChI=1S/C27H27FN2O4S/c28-21-4-2-1-3-18(21)9-12-29-26(31)19-10-13-30(14-11-19)27(32)25-8-7-24(35-25)20-5-6-22-23(17-20)34-16-15-33-22/h1-8,17,19H,9-16H2,(H,29,31). The largest absolute Gasteiger partial charge is 0.486 e. The topological polar surface area (TPSA) is 67.9 Å². The normalized spacial score (nSPS) is 15.6. The van der Waals surface area contributed by atoms with Gasteiger partial charge in [-0.05, 0) is 66.8 Å². The minimum absolute atomic E-state index is 0.00259. The highest BCUT2D eigenvalue weighted by molar-refractivity contribution is 7.17. The number of nitrogens with zero attached hydrogens (tertiary/aromatic N) is 1. The van der Waals surface area contributed by atoms with E-state index < -0.39 is 0 Å². The van der Waals surface area contributed by atoms with Crippen LogP contribution in [0.3, 0.4) is 0 Å². The fourth-order valence-electron chi connectivity index (χ4n) is 4.47. The van der Waals surface area contributed by atoms with Crippen LogP contribution < -0.4 is 14.8 Å². The predicted molar refractivity (Wildman–Crippen MR) is 132 cm³/mol. The fourth-order valence-corrected chi connectivity index (χ4v) is 5.44. The Bertz CT molecular complexity index is 1220.